The molecule has 11 nitrogen and oxygen atoms in total. The third-order valence-electron chi connectivity index (χ3n) is 12.3. The summed E-state index contributed by atoms with van der Waals surface area (Å²) in [6.07, 6.45) is 11.8. The van der Waals surface area contributed by atoms with Crippen LogP contribution in [0.3, 0.4) is 0 Å². The van der Waals surface area contributed by atoms with E-state index in [2.05, 4.69) is 31.2 Å². The normalized spacial score (nSPS) is 16.0. The Balaban J connectivity index is 1.23. The van der Waals surface area contributed by atoms with E-state index < -0.39 is 30.1 Å². The van der Waals surface area contributed by atoms with Gasteiger partial charge in [-0.2, -0.15) is 0 Å². The Morgan fingerprint density at radius 1 is 0.758 bits per heavy atom. The summed E-state index contributed by atoms with van der Waals surface area (Å²) in [6.45, 7) is 3.53. The highest BCUT2D eigenvalue weighted by molar-refractivity contribution is 5.80. The van der Waals surface area contributed by atoms with E-state index in [1.54, 1.807) is 12.4 Å². The fourth-order valence-electron chi connectivity index (χ4n) is 9.09. The van der Waals surface area contributed by atoms with Crippen LogP contribution in [0.15, 0.2) is 146 Å². The van der Waals surface area contributed by atoms with Crippen LogP contribution >= 0.6 is 0 Å². The molecule has 5 aromatic rings. The fourth-order valence-corrected chi connectivity index (χ4v) is 9.09. The number of amides is 3. The molecule has 1 aromatic heterocycles. The molecule has 0 saturated heterocycles. The lowest BCUT2D eigenvalue weighted by atomic mass is 9.82. The van der Waals surface area contributed by atoms with Gasteiger partial charge in [-0.3, -0.25) is 9.69 Å². The smallest absolute Gasteiger partial charge is 0.320 e. The van der Waals surface area contributed by atoms with Crippen LogP contribution in [0.4, 0.5) is 4.79 Å². The Bertz CT molecular complexity index is 2100. The van der Waals surface area contributed by atoms with Crippen LogP contribution in [-0.2, 0) is 47.1 Å². The van der Waals surface area contributed by atoms with E-state index in [4.69, 9.17) is 20.2 Å². The Hall–Kier alpha value is -5.75. The molecule has 0 bridgehead atoms. The lowest BCUT2D eigenvalue weighted by Crippen LogP contribution is -2.53. The minimum absolute atomic E-state index is 0.0271. The highest BCUT2D eigenvalue weighted by Crippen LogP contribution is 2.37. The van der Waals surface area contributed by atoms with Gasteiger partial charge >= 0.3 is 6.03 Å². The first kappa shape index (κ1) is 44.3. The van der Waals surface area contributed by atoms with Gasteiger partial charge in [0.1, 0.15) is 32.1 Å². The molecule has 1 unspecified atom stereocenters. The number of primary amides is 1. The average Bonchev–Trinajstić information content (AvgIpc) is 3.94. The predicted molar refractivity (Wildman–Crippen MR) is 240 cm³/mol. The van der Waals surface area contributed by atoms with Gasteiger partial charge in [-0.1, -0.05) is 153 Å². The molecule has 0 spiro atoms. The Morgan fingerprint density at radius 3 is 1.84 bits per heavy atom. The quantitative estimate of drug-likeness (QED) is 0.0757. The van der Waals surface area contributed by atoms with Gasteiger partial charge in [-0.25, -0.2) is 9.78 Å². The summed E-state index contributed by atoms with van der Waals surface area (Å²) in [5.41, 5.74) is 10.9. The van der Waals surface area contributed by atoms with E-state index in [-0.39, 0.29) is 26.0 Å². The molecule has 3 atom stereocenters. The second-order valence-electron chi connectivity index (χ2n) is 16.9. The van der Waals surface area contributed by atoms with E-state index in [0.717, 1.165) is 53.6 Å². The van der Waals surface area contributed by atoms with Gasteiger partial charge in [0.15, 0.2) is 0 Å². The number of nitrogens with zero attached hydrogens (tertiary/aromatic N) is 5. The molecule has 4 aromatic carbocycles. The number of urea groups is 1. The highest BCUT2D eigenvalue weighted by atomic mass is 16.5. The molecule has 3 amide bonds. The van der Waals surface area contributed by atoms with Crippen LogP contribution in [0.25, 0.3) is 0 Å². The zero-order valence-electron chi connectivity index (χ0n) is 36.0. The lowest BCUT2D eigenvalue weighted by molar-refractivity contribution is -0.145. The number of hydrogen-bond acceptors (Lipinski definition) is 7. The van der Waals surface area contributed by atoms with Crippen molar-refractivity contribution >= 4 is 11.9 Å². The first-order valence-electron chi connectivity index (χ1n) is 22.2. The average molecular weight is 839 g/mol. The number of benzene rings is 4. The van der Waals surface area contributed by atoms with Crippen molar-refractivity contribution in [1.82, 2.24) is 24.3 Å². The third kappa shape index (κ3) is 12.2. The first-order chi connectivity index (χ1) is 30.3. The van der Waals surface area contributed by atoms with Gasteiger partial charge < -0.3 is 34.7 Å². The van der Waals surface area contributed by atoms with E-state index in [1.807, 2.05) is 118 Å². The Labute approximate surface area is 366 Å². The molecule has 11 heteroatoms. The number of aromatic nitrogens is 2. The summed E-state index contributed by atoms with van der Waals surface area (Å²) in [7, 11) is 0. The second-order valence-corrected chi connectivity index (χ2v) is 16.9. The molecule has 1 fully saturated rings. The number of carbonyl (C=O) groups is 2. The van der Waals surface area contributed by atoms with Crippen LogP contribution in [0.2, 0.25) is 0 Å². The van der Waals surface area contributed by atoms with Crippen molar-refractivity contribution in [3.05, 3.63) is 174 Å². The molecular formula is C51H62N6O5. The van der Waals surface area contributed by atoms with Crippen molar-refractivity contribution in [1.29, 1.82) is 0 Å². The molecule has 0 radical (unpaired) electrons. The van der Waals surface area contributed by atoms with Crippen LogP contribution in [0, 0.1) is 11.8 Å². The van der Waals surface area contributed by atoms with Gasteiger partial charge in [0, 0.05) is 42.7 Å². The zero-order valence-corrected chi connectivity index (χ0v) is 36.0. The summed E-state index contributed by atoms with van der Waals surface area (Å²) in [5, 5.41) is 12.8. The van der Waals surface area contributed by atoms with E-state index >= 15 is 4.79 Å². The summed E-state index contributed by atoms with van der Waals surface area (Å²) in [6, 6.07) is 38.7. The number of rotatable bonds is 21. The van der Waals surface area contributed by atoms with Crippen molar-refractivity contribution in [2.75, 3.05) is 13.4 Å². The minimum atomic E-state index is -1.11. The highest BCUT2D eigenvalue weighted by Gasteiger charge is 2.41. The molecule has 62 heavy (non-hydrogen) atoms. The molecule has 7 rings (SSSR count). The molecule has 326 valence electrons. The van der Waals surface area contributed by atoms with Gasteiger partial charge in [-0.05, 0) is 54.4 Å². The van der Waals surface area contributed by atoms with Crippen LogP contribution in [0.1, 0.15) is 86.1 Å². The van der Waals surface area contributed by atoms with Crippen molar-refractivity contribution in [3.63, 3.8) is 0 Å². The SMILES string of the molecule is CC(CC1=CN(C(N)=O)CN1COCc1ccccc1)N(C(=O)C(Cc1ccccc1)Cc1ccccc1)[C@@H](CC1CCCCC1)[C@@H](O)c1nccn1COCc1ccccc1. The predicted octanol–water partition coefficient (Wildman–Crippen LogP) is 8.81. The number of aliphatic hydroxyl groups is 1. The van der Waals surface area contributed by atoms with Crippen LogP contribution in [0.5, 0.6) is 0 Å². The summed E-state index contributed by atoms with van der Waals surface area (Å²) >= 11 is 0. The van der Waals surface area contributed by atoms with Crippen molar-refractivity contribution in [2.24, 2.45) is 17.6 Å². The molecule has 2 heterocycles. The first-order valence-corrected chi connectivity index (χ1v) is 22.2. The number of carbonyl (C=O) groups excluding carboxylic acids is 2. The largest absolute Gasteiger partial charge is 0.383 e. The monoisotopic (exact) mass is 838 g/mol. The van der Waals surface area contributed by atoms with E-state index in [9.17, 15) is 9.90 Å². The Kier molecular flexibility index (Phi) is 16.0. The molecule has 2 aliphatic rings. The summed E-state index contributed by atoms with van der Waals surface area (Å²) in [5.74, 6) is 0.328. The molecule has 3 N–H and O–H groups in total. The molecule has 1 aliphatic carbocycles. The molecule has 1 saturated carbocycles. The zero-order chi connectivity index (χ0) is 43.1. The topological polar surface area (TPSA) is 126 Å². The maximum absolute atomic E-state index is 15.8. The number of ether oxygens (including phenoxy) is 2. The van der Waals surface area contributed by atoms with Gasteiger partial charge in [0.25, 0.3) is 0 Å². The second kappa shape index (κ2) is 22.4. The van der Waals surface area contributed by atoms with Crippen molar-refractivity contribution in [3.8, 4) is 0 Å². The van der Waals surface area contributed by atoms with Gasteiger partial charge in [-0.15, -0.1) is 0 Å². The number of hydrogen-bond donors (Lipinski definition) is 2. The van der Waals surface area contributed by atoms with Crippen LogP contribution in [-0.4, -0.2) is 66.8 Å². The van der Waals surface area contributed by atoms with Crippen molar-refractivity contribution < 1.29 is 24.2 Å². The summed E-state index contributed by atoms with van der Waals surface area (Å²) in [4.78, 5) is 38.7. The number of imidazole rings is 1. The minimum Gasteiger partial charge on any atom is -0.383 e. The number of nitrogens with two attached hydrogens (primary N) is 1. The Morgan fingerprint density at radius 2 is 1.29 bits per heavy atom. The van der Waals surface area contributed by atoms with E-state index in [0.29, 0.717) is 50.6 Å². The van der Waals surface area contributed by atoms with Gasteiger partial charge in [0.2, 0.25) is 5.91 Å². The van der Waals surface area contributed by atoms with Crippen molar-refractivity contribution in [2.45, 2.75) is 103 Å². The maximum Gasteiger partial charge on any atom is 0.320 e. The fraction of sp³-hybridized carbons (Fsp3) is 0.392. The third-order valence-corrected chi connectivity index (χ3v) is 12.3. The van der Waals surface area contributed by atoms with Crippen LogP contribution < -0.4 is 5.73 Å². The maximum atomic E-state index is 15.8. The summed E-state index contributed by atoms with van der Waals surface area (Å²) < 4.78 is 14.2. The van der Waals surface area contributed by atoms with Gasteiger partial charge in [0.05, 0.1) is 19.3 Å². The molecule has 1 aliphatic heterocycles. The standard InChI is InChI=1S/C51H62N6O5/c1-39(29-46-33-55(51(52)60)36-56(46)38-62-35-44-25-15-6-16-26-44)57(50(59)45(30-40-17-7-2-8-18-40)31-41-19-9-3-10-20-41)47(32-42-21-11-4-12-22-42)48(58)49-53-27-28-54(49)37-61-34-43-23-13-5-14-24-43/h2-3,5-10,13-20,23-28,33,39,42,45,47-48,58H,4,11-12,21-22,29-32,34-38H2,1H3,(H2,52,60)/t39?,47-,48+/m0/s1. The molecular weight excluding hydrogens is 777 g/mol. The lowest BCUT2D eigenvalue weighted by Gasteiger charge is -2.43. The number of aliphatic hydroxyl groups excluding tert-OH is 1. The van der Waals surface area contributed by atoms with E-state index in [1.165, 1.54) is 11.3 Å².